The number of piperidine rings is 1. The molecule has 2 aliphatic rings. The Hall–Kier alpha value is -2.57. The Labute approximate surface area is 195 Å². The fourth-order valence-corrected chi connectivity index (χ4v) is 4.59. The van der Waals surface area contributed by atoms with E-state index in [0.29, 0.717) is 44.2 Å². The van der Waals surface area contributed by atoms with Crippen molar-refractivity contribution in [3.63, 3.8) is 0 Å². The van der Waals surface area contributed by atoms with E-state index in [1.165, 1.54) is 24.9 Å². The van der Waals surface area contributed by atoms with Gasteiger partial charge in [0, 0.05) is 55.7 Å². The van der Waals surface area contributed by atoms with E-state index in [-0.39, 0.29) is 11.8 Å². The largest absolute Gasteiger partial charge is 0.372 e. The summed E-state index contributed by atoms with van der Waals surface area (Å²) in [6, 6.07) is 15.6. The SMILES string of the molecule is O=C(CN1CCN(C(=O)Cc2ccccc2Cl)CC1)Nc1ccc(N2CCCCC2)cc1. The quantitative estimate of drug-likeness (QED) is 0.723. The Balaban J connectivity index is 1.20. The van der Waals surface area contributed by atoms with Crippen molar-refractivity contribution < 1.29 is 9.59 Å². The number of nitrogens with one attached hydrogen (secondary N) is 1. The van der Waals surface area contributed by atoms with Crippen molar-refractivity contribution in [1.82, 2.24) is 9.80 Å². The van der Waals surface area contributed by atoms with Crippen molar-refractivity contribution in [2.45, 2.75) is 25.7 Å². The normalized spacial score (nSPS) is 17.3. The fourth-order valence-electron chi connectivity index (χ4n) is 4.38. The molecule has 170 valence electrons. The summed E-state index contributed by atoms with van der Waals surface area (Å²) in [7, 11) is 0. The predicted octanol–water partition coefficient (Wildman–Crippen LogP) is 3.66. The molecule has 7 heteroatoms. The minimum Gasteiger partial charge on any atom is -0.372 e. The van der Waals surface area contributed by atoms with Crippen LogP contribution in [0, 0.1) is 0 Å². The van der Waals surface area contributed by atoms with Crippen LogP contribution in [0.4, 0.5) is 11.4 Å². The van der Waals surface area contributed by atoms with Gasteiger partial charge < -0.3 is 15.1 Å². The number of rotatable bonds is 6. The molecule has 0 aliphatic carbocycles. The molecule has 2 aliphatic heterocycles. The summed E-state index contributed by atoms with van der Waals surface area (Å²) in [5.41, 5.74) is 2.90. The smallest absolute Gasteiger partial charge is 0.238 e. The molecular weight excluding hydrogens is 424 g/mol. The number of carbonyl (C=O) groups is 2. The monoisotopic (exact) mass is 454 g/mol. The zero-order chi connectivity index (χ0) is 22.3. The van der Waals surface area contributed by atoms with Gasteiger partial charge in [-0.1, -0.05) is 29.8 Å². The lowest BCUT2D eigenvalue weighted by Crippen LogP contribution is -2.50. The second-order valence-electron chi connectivity index (χ2n) is 8.57. The average molecular weight is 455 g/mol. The van der Waals surface area contributed by atoms with Gasteiger partial charge in [-0.15, -0.1) is 0 Å². The molecule has 0 spiro atoms. The molecule has 0 unspecified atom stereocenters. The highest BCUT2D eigenvalue weighted by Crippen LogP contribution is 2.22. The third-order valence-electron chi connectivity index (χ3n) is 6.26. The summed E-state index contributed by atoms with van der Waals surface area (Å²) in [4.78, 5) is 31.5. The molecule has 2 saturated heterocycles. The molecule has 4 rings (SSSR count). The van der Waals surface area contributed by atoms with Gasteiger partial charge in [0.15, 0.2) is 0 Å². The first-order chi connectivity index (χ1) is 15.6. The van der Waals surface area contributed by atoms with E-state index in [1.54, 1.807) is 0 Å². The van der Waals surface area contributed by atoms with E-state index in [2.05, 4.69) is 27.2 Å². The van der Waals surface area contributed by atoms with Crippen LogP contribution in [0.25, 0.3) is 0 Å². The van der Waals surface area contributed by atoms with Crippen LogP contribution in [0.3, 0.4) is 0 Å². The second-order valence-corrected chi connectivity index (χ2v) is 8.98. The van der Waals surface area contributed by atoms with Crippen molar-refractivity contribution in [2.24, 2.45) is 0 Å². The molecule has 0 radical (unpaired) electrons. The van der Waals surface area contributed by atoms with Crippen LogP contribution in [-0.2, 0) is 16.0 Å². The van der Waals surface area contributed by atoms with Crippen LogP contribution in [0.5, 0.6) is 0 Å². The number of hydrogen-bond acceptors (Lipinski definition) is 4. The van der Waals surface area contributed by atoms with Crippen molar-refractivity contribution >= 4 is 34.8 Å². The highest BCUT2D eigenvalue weighted by Gasteiger charge is 2.23. The van der Waals surface area contributed by atoms with Crippen LogP contribution in [0.1, 0.15) is 24.8 Å². The van der Waals surface area contributed by atoms with Gasteiger partial charge in [-0.3, -0.25) is 14.5 Å². The van der Waals surface area contributed by atoms with E-state index < -0.39 is 0 Å². The van der Waals surface area contributed by atoms with Crippen LogP contribution in [0.15, 0.2) is 48.5 Å². The molecule has 2 heterocycles. The maximum Gasteiger partial charge on any atom is 0.238 e. The standard InChI is InChI=1S/C25H31ClN4O2/c26-23-7-3-2-6-20(23)18-25(32)30-16-14-28(15-17-30)19-24(31)27-21-8-10-22(11-9-21)29-12-4-1-5-13-29/h2-3,6-11H,1,4-5,12-19H2,(H,27,31). The minimum absolute atomic E-state index is 0.0217. The topological polar surface area (TPSA) is 55.9 Å². The zero-order valence-electron chi connectivity index (χ0n) is 18.4. The maximum absolute atomic E-state index is 12.6. The van der Waals surface area contributed by atoms with Gasteiger partial charge >= 0.3 is 0 Å². The van der Waals surface area contributed by atoms with Crippen molar-refractivity contribution in [2.75, 3.05) is 56.0 Å². The van der Waals surface area contributed by atoms with Gasteiger partial charge in [0.25, 0.3) is 0 Å². The Morgan fingerprint density at radius 2 is 1.53 bits per heavy atom. The highest BCUT2D eigenvalue weighted by atomic mass is 35.5. The Morgan fingerprint density at radius 1 is 0.844 bits per heavy atom. The van der Waals surface area contributed by atoms with Gasteiger partial charge in [-0.25, -0.2) is 0 Å². The molecule has 0 saturated carbocycles. The van der Waals surface area contributed by atoms with E-state index in [4.69, 9.17) is 11.6 Å². The van der Waals surface area contributed by atoms with Crippen molar-refractivity contribution in [1.29, 1.82) is 0 Å². The summed E-state index contributed by atoms with van der Waals surface area (Å²) in [6.45, 7) is 5.19. The third-order valence-corrected chi connectivity index (χ3v) is 6.63. The zero-order valence-corrected chi connectivity index (χ0v) is 19.2. The van der Waals surface area contributed by atoms with Crippen LogP contribution in [-0.4, -0.2) is 67.4 Å². The van der Waals surface area contributed by atoms with E-state index in [9.17, 15) is 9.59 Å². The van der Waals surface area contributed by atoms with Crippen molar-refractivity contribution in [3.05, 3.63) is 59.1 Å². The predicted molar refractivity (Wildman–Crippen MR) is 129 cm³/mol. The molecule has 0 atom stereocenters. The van der Waals surface area contributed by atoms with Gasteiger partial charge in [-0.05, 0) is 55.2 Å². The number of carbonyl (C=O) groups excluding carboxylic acids is 2. The number of nitrogens with zero attached hydrogens (tertiary/aromatic N) is 3. The van der Waals surface area contributed by atoms with E-state index >= 15 is 0 Å². The molecule has 0 bridgehead atoms. The maximum atomic E-state index is 12.6. The Kier molecular flexibility index (Phi) is 7.66. The summed E-state index contributed by atoms with van der Waals surface area (Å²) in [6.07, 6.45) is 4.12. The lowest BCUT2D eigenvalue weighted by Gasteiger charge is -2.34. The number of halogens is 1. The van der Waals surface area contributed by atoms with E-state index in [1.807, 2.05) is 41.3 Å². The van der Waals surface area contributed by atoms with Gasteiger partial charge in [0.05, 0.1) is 13.0 Å². The molecule has 1 N–H and O–H groups in total. The minimum atomic E-state index is -0.0217. The van der Waals surface area contributed by atoms with Crippen LogP contribution < -0.4 is 10.2 Å². The molecule has 2 amide bonds. The average Bonchev–Trinajstić information content (AvgIpc) is 2.82. The highest BCUT2D eigenvalue weighted by molar-refractivity contribution is 6.31. The summed E-state index contributed by atoms with van der Waals surface area (Å²) < 4.78 is 0. The number of piperazine rings is 1. The van der Waals surface area contributed by atoms with Gasteiger partial charge in [0.2, 0.25) is 11.8 Å². The third kappa shape index (κ3) is 6.02. The molecule has 6 nitrogen and oxygen atoms in total. The second kappa shape index (κ2) is 10.8. The molecule has 32 heavy (non-hydrogen) atoms. The van der Waals surface area contributed by atoms with Crippen molar-refractivity contribution in [3.8, 4) is 0 Å². The number of benzene rings is 2. The van der Waals surface area contributed by atoms with Gasteiger partial charge in [0.1, 0.15) is 0 Å². The Bertz CT molecular complexity index is 920. The lowest BCUT2D eigenvalue weighted by atomic mass is 10.1. The molecule has 2 aromatic rings. The first-order valence-electron chi connectivity index (χ1n) is 11.5. The molecule has 0 aromatic heterocycles. The fraction of sp³-hybridized carbons (Fsp3) is 0.440. The molecular formula is C25H31ClN4O2. The summed E-state index contributed by atoms with van der Waals surface area (Å²) in [5, 5.41) is 3.62. The number of anilines is 2. The number of amides is 2. The summed E-state index contributed by atoms with van der Waals surface area (Å²) >= 11 is 6.18. The van der Waals surface area contributed by atoms with E-state index in [0.717, 1.165) is 24.3 Å². The van der Waals surface area contributed by atoms with Crippen LogP contribution >= 0.6 is 11.6 Å². The molecule has 2 aromatic carbocycles. The first-order valence-corrected chi connectivity index (χ1v) is 11.8. The summed E-state index contributed by atoms with van der Waals surface area (Å²) in [5.74, 6) is 0.0579. The lowest BCUT2D eigenvalue weighted by molar-refractivity contribution is -0.132. The molecule has 2 fully saturated rings. The van der Waals surface area contributed by atoms with Gasteiger partial charge in [-0.2, -0.15) is 0 Å². The number of hydrogen-bond donors (Lipinski definition) is 1. The Morgan fingerprint density at radius 3 is 2.22 bits per heavy atom. The van der Waals surface area contributed by atoms with Crippen LogP contribution in [0.2, 0.25) is 5.02 Å². The first kappa shape index (κ1) is 22.6.